The summed E-state index contributed by atoms with van der Waals surface area (Å²) in [5.41, 5.74) is 1.11. The number of hydrogen-bond donors (Lipinski definition) is 0. The fraction of sp³-hybridized carbons (Fsp3) is 0.476. The maximum Gasteiger partial charge on any atom is 0.272 e. The van der Waals surface area contributed by atoms with Gasteiger partial charge in [-0.15, -0.1) is 0 Å². The predicted octanol–water partition coefficient (Wildman–Crippen LogP) is 3.71. The van der Waals surface area contributed by atoms with Gasteiger partial charge in [0.15, 0.2) is 0 Å². The number of Topliss-reactive ketones (excluding diaryl/α,β-unsaturated/α-hetero) is 1. The summed E-state index contributed by atoms with van der Waals surface area (Å²) in [4.78, 5) is 31.8. The Labute approximate surface area is 154 Å². The summed E-state index contributed by atoms with van der Waals surface area (Å²) in [7, 11) is 1.59. The minimum atomic E-state index is -0.129. The number of fused-ring (bicyclic) bond motifs is 1. The van der Waals surface area contributed by atoms with E-state index in [2.05, 4.69) is 4.98 Å². The highest BCUT2D eigenvalue weighted by Gasteiger charge is 2.31. The van der Waals surface area contributed by atoms with Crippen molar-refractivity contribution in [2.24, 2.45) is 11.8 Å². The molecule has 1 aromatic heterocycles. The van der Waals surface area contributed by atoms with Crippen LogP contribution in [0.25, 0.3) is 10.9 Å². The molecular formula is C21H26N2O3. The Kier molecular flexibility index (Phi) is 5.55. The van der Waals surface area contributed by atoms with Crippen molar-refractivity contribution in [1.29, 1.82) is 0 Å². The lowest BCUT2D eigenvalue weighted by Gasteiger charge is -2.33. The number of ether oxygens (including phenoxy) is 1. The molecule has 0 aliphatic carbocycles. The zero-order valence-electron chi connectivity index (χ0n) is 15.7. The van der Waals surface area contributed by atoms with Gasteiger partial charge in [-0.1, -0.05) is 26.0 Å². The summed E-state index contributed by atoms with van der Waals surface area (Å²) in [6.07, 6.45) is 2.55. The molecule has 1 aliphatic heterocycles. The number of rotatable bonds is 5. The van der Waals surface area contributed by atoms with Crippen molar-refractivity contribution < 1.29 is 14.3 Å². The Morgan fingerprint density at radius 1 is 1.35 bits per heavy atom. The molecule has 2 atom stereocenters. The third-order valence-corrected chi connectivity index (χ3v) is 5.33. The van der Waals surface area contributed by atoms with E-state index in [1.54, 1.807) is 18.1 Å². The van der Waals surface area contributed by atoms with Gasteiger partial charge in [0.1, 0.15) is 17.2 Å². The zero-order chi connectivity index (χ0) is 18.7. The molecule has 1 amide bonds. The first-order chi connectivity index (χ1) is 12.5. The summed E-state index contributed by atoms with van der Waals surface area (Å²) < 4.78 is 5.45. The van der Waals surface area contributed by atoms with Gasteiger partial charge in [0.25, 0.3) is 5.91 Å². The second-order valence-electron chi connectivity index (χ2n) is 7.03. The molecule has 26 heavy (non-hydrogen) atoms. The second kappa shape index (κ2) is 7.85. The van der Waals surface area contributed by atoms with Crippen LogP contribution in [0.1, 0.15) is 43.6 Å². The molecule has 0 saturated carbocycles. The SMILES string of the molecule is CCC(C)C(=O)[C@H]1CCCN(C(=O)c2cc(OC)c3ccccc3n2)C1. The molecule has 3 rings (SSSR count). The molecule has 5 heteroatoms. The number of benzene rings is 1. The number of pyridine rings is 1. The molecule has 5 nitrogen and oxygen atoms in total. The van der Waals surface area contributed by atoms with Crippen molar-refractivity contribution in [3.63, 3.8) is 0 Å². The lowest BCUT2D eigenvalue weighted by molar-refractivity contribution is -0.127. The van der Waals surface area contributed by atoms with Crippen molar-refractivity contribution in [2.45, 2.75) is 33.1 Å². The van der Waals surface area contributed by atoms with E-state index in [0.717, 1.165) is 30.2 Å². The zero-order valence-corrected chi connectivity index (χ0v) is 15.7. The van der Waals surface area contributed by atoms with E-state index < -0.39 is 0 Å². The van der Waals surface area contributed by atoms with Gasteiger partial charge in [0, 0.05) is 36.4 Å². The van der Waals surface area contributed by atoms with Gasteiger partial charge in [-0.3, -0.25) is 9.59 Å². The van der Waals surface area contributed by atoms with E-state index in [1.807, 2.05) is 38.1 Å². The van der Waals surface area contributed by atoms with Crippen molar-refractivity contribution >= 4 is 22.6 Å². The smallest absolute Gasteiger partial charge is 0.272 e. The topological polar surface area (TPSA) is 59.5 Å². The molecule has 2 heterocycles. The highest BCUT2D eigenvalue weighted by Crippen LogP contribution is 2.27. The first kappa shape index (κ1) is 18.4. The monoisotopic (exact) mass is 354 g/mol. The Bertz CT molecular complexity index is 818. The van der Waals surface area contributed by atoms with Gasteiger partial charge < -0.3 is 9.64 Å². The number of methoxy groups -OCH3 is 1. The van der Waals surface area contributed by atoms with Crippen LogP contribution in [0.2, 0.25) is 0 Å². The highest BCUT2D eigenvalue weighted by atomic mass is 16.5. The van der Waals surface area contributed by atoms with Crippen LogP contribution in [0.3, 0.4) is 0 Å². The molecule has 1 unspecified atom stereocenters. The molecule has 0 N–H and O–H groups in total. The minimum Gasteiger partial charge on any atom is -0.496 e. The van der Waals surface area contributed by atoms with Crippen LogP contribution in [-0.2, 0) is 4.79 Å². The number of para-hydroxylation sites is 1. The molecular weight excluding hydrogens is 328 g/mol. The maximum atomic E-state index is 13.0. The number of carbonyl (C=O) groups excluding carboxylic acids is 2. The van der Waals surface area contributed by atoms with E-state index >= 15 is 0 Å². The third kappa shape index (κ3) is 3.57. The van der Waals surface area contributed by atoms with Gasteiger partial charge >= 0.3 is 0 Å². The average Bonchev–Trinajstić information content (AvgIpc) is 2.71. The third-order valence-electron chi connectivity index (χ3n) is 5.33. The lowest BCUT2D eigenvalue weighted by Crippen LogP contribution is -2.43. The molecule has 0 bridgehead atoms. The molecule has 2 aromatic rings. The Balaban J connectivity index is 1.84. The Morgan fingerprint density at radius 3 is 2.85 bits per heavy atom. The molecule has 0 spiro atoms. The summed E-state index contributed by atoms with van der Waals surface area (Å²) in [5.74, 6) is 0.770. The summed E-state index contributed by atoms with van der Waals surface area (Å²) in [5, 5.41) is 0.884. The van der Waals surface area contributed by atoms with Gasteiger partial charge in [0.05, 0.1) is 12.6 Å². The number of amides is 1. The number of likely N-dealkylation sites (tertiary alicyclic amines) is 1. The average molecular weight is 354 g/mol. The van der Waals surface area contributed by atoms with Crippen molar-refractivity contribution in [3.8, 4) is 5.75 Å². The highest BCUT2D eigenvalue weighted by molar-refractivity contribution is 5.97. The standard InChI is InChI=1S/C21H26N2O3/c1-4-14(2)20(24)15-8-7-11-23(13-15)21(25)18-12-19(26-3)16-9-5-6-10-17(16)22-18/h5-6,9-10,12,14-15H,4,7-8,11,13H2,1-3H3/t14?,15-/m0/s1. The first-order valence-electron chi connectivity index (χ1n) is 9.32. The first-order valence-corrected chi connectivity index (χ1v) is 9.32. The number of aromatic nitrogens is 1. The number of ketones is 1. The quantitative estimate of drug-likeness (QED) is 0.821. The molecule has 1 fully saturated rings. The number of carbonyl (C=O) groups is 2. The number of nitrogens with zero attached hydrogens (tertiary/aromatic N) is 2. The van der Waals surface area contributed by atoms with Crippen LogP contribution in [-0.4, -0.2) is 41.8 Å². The van der Waals surface area contributed by atoms with Crippen LogP contribution in [0.15, 0.2) is 30.3 Å². The molecule has 1 saturated heterocycles. The van der Waals surface area contributed by atoms with E-state index in [-0.39, 0.29) is 23.5 Å². The van der Waals surface area contributed by atoms with Crippen LogP contribution >= 0.6 is 0 Å². The van der Waals surface area contributed by atoms with E-state index in [9.17, 15) is 9.59 Å². The fourth-order valence-electron chi connectivity index (χ4n) is 3.58. The molecule has 138 valence electrons. The maximum absolute atomic E-state index is 13.0. The van der Waals surface area contributed by atoms with E-state index in [1.165, 1.54) is 0 Å². The van der Waals surface area contributed by atoms with Crippen molar-refractivity contribution in [3.05, 3.63) is 36.0 Å². The minimum absolute atomic E-state index is 0.0499. The number of piperidine rings is 1. The second-order valence-corrected chi connectivity index (χ2v) is 7.03. The van der Waals surface area contributed by atoms with Crippen LogP contribution in [0.5, 0.6) is 5.75 Å². The predicted molar refractivity (Wildman–Crippen MR) is 101 cm³/mol. The van der Waals surface area contributed by atoms with Gasteiger partial charge in [-0.05, 0) is 31.4 Å². The van der Waals surface area contributed by atoms with E-state index in [0.29, 0.717) is 24.5 Å². The normalized spacial score (nSPS) is 18.6. The van der Waals surface area contributed by atoms with Crippen LogP contribution < -0.4 is 4.74 Å². The van der Waals surface area contributed by atoms with E-state index in [4.69, 9.17) is 4.74 Å². The lowest BCUT2D eigenvalue weighted by atomic mass is 9.86. The largest absolute Gasteiger partial charge is 0.496 e. The summed E-state index contributed by atoms with van der Waals surface area (Å²) >= 11 is 0. The van der Waals surface area contributed by atoms with Gasteiger partial charge in [-0.2, -0.15) is 0 Å². The van der Waals surface area contributed by atoms with Crippen molar-refractivity contribution in [1.82, 2.24) is 9.88 Å². The Hall–Kier alpha value is -2.43. The molecule has 1 aliphatic rings. The Morgan fingerprint density at radius 2 is 2.12 bits per heavy atom. The fourth-order valence-corrected chi connectivity index (χ4v) is 3.58. The van der Waals surface area contributed by atoms with Crippen LogP contribution in [0.4, 0.5) is 0 Å². The molecule has 1 aromatic carbocycles. The van der Waals surface area contributed by atoms with Crippen molar-refractivity contribution in [2.75, 3.05) is 20.2 Å². The van der Waals surface area contributed by atoms with Gasteiger partial charge in [-0.25, -0.2) is 4.98 Å². The number of hydrogen-bond acceptors (Lipinski definition) is 4. The summed E-state index contributed by atoms with van der Waals surface area (Å²) in [6, 6.07) is 9.32. The summed E-state index contributed by atoms with van der Waals surface area (Å²) in [6.45, 7) is 5.15. The van der Waals surface area contributed by atoms with Gasteiger partial charge in [0.2, 0.25) is 0 Å². The van der Waals surface area contributed by atoms with Crippen LogP contribution in [0, 0.1) is 11.8 Å². The molecule has 0 radical (unpaired) electrons.